The van der Waals surface area contributed by atoms with Crippen molar-refractivity contribution >= 4 is 23.0 Å². The quantitative estimate of drug-likeness (QED) is 0.708. The lowest BCUT2D eigenvalue weighted by atomic mass is 10.0. The SMILES string of the molecule is O=C(O)c1cscc1-c1ccccc1Nn1c(=O)c1=O. The van der Waals surface area contributed by atoms with Crippen LogP contribution in [-0.4, -0.2) is 15.8 Å². The number of carboxylic acids is 1. The molecule has 0 radical (unpaired) electrons. The summed E-state index contributed by atoms with van der Waals surface area (Å²) >= 11 is 1.28. The molecule has 0 aliphatic heterocycles. The highest BCUT2D eigenvalue weighted by atomic mass is 32.1. The number of carboxylic acid groups (broad SMARTS) is 1. The molecule has 0 bridgehead atoms. The second kappa shape index (κ2) is 4.46. The molecule has 3 aromatic rings. The summed E-state index contributed by atoms with van der Waals surface area (Å²) in [6.07, 6.45) is 0. The van der Waals surface area contributed by atoms with Gasteiger partial charge < -0.3 is 5.11 Å². The maximum absolute atomic E-state index is 11.2. The molecule has 0 amide bonds. The van der Waals surface area contributed by atoms with Crippen molar-refractivity contribution in [3.8, 4) is 11.1 Å². The van der Waals surface area contributed by atoms with Crippen LogP contribution in [0.1, 0.15) is 10.4 Å². The van der Waals surface area contributed by atoms with Gasteiger partial charge in [-0.15, -0.1) is 0 Å². The van der Waals surface area contributed by atoms with Crippen molar-refractivity contribution in [2.24, 2.45) is 0 Å². The lowest BCUT2D eigenvalue weighted by Gasteiger charge is -2.09. The van der Waals surface area contributed by atoms with E-state index < -0.39 is 17.1 Å². The third kappa shape index (κ3) is 1.94. The molecule has 2 aromatic heterocycles. The number of para-hydroxylation sites is 1. The Balaban J connectivity index is 2.08. The topological polar surface area (TPSA) is 88.4 Å². The number of hydrogen-bond donors (Lipinski definition) is 2. The zero-order chi connectivity index (χ0) is 14.3. The molecule has 0 saturated heterocycles. The van der Waals surface area contributed by atoms with Crippen molar-refractivity contribution in [2.75, 3.05) is 5.43 Å². The summed E-state index contributed by atoms with van der Waals surface area (Å²) < 4.78 is 0.881. The molecule has 0 fully saturated rings. The summed E-state index contributed by atoms with van der Waals surface area (Å²) in [5.74, 6) is -1.02. The first-order chi connectivity index (χ1) is 9.59. The third-order valence-electron chi connectivity index (χ3n) is 2.88. The van der Waals surface area contributed by atoms with Gasteiger partial charge in [0.15, 0.2) is 0 Å². The van der Waals surface area contributed by atoms with Crippen molar-refractivity contribution in [3.63, 3.8) is 0 Å². The Morgan fingerprint density at radius 2 is 1.80 bits per heavy atom. The maximum atomic E-state index is 11.2. The van der Waals surface area contributed by atoms with Gasteiger partial charge in [0.05, 0.1) is 11.3 Å². The van der Waals surface area contributed by atoms with Gasteiger partial charge in [0.25, 0.3) is 0 Å². The first kappa shape index (κ1) is 12.4. The van der Waals surface area contributed by atoms with Gasteiger partial charge in [-0.3, -0.25) is 15.0 Å². The van der Waals surface area contributed by atoms with Crippen LogP contribution in [0.4, 0.5) is 5.69 Å². The fourth-order valence-corrected chi connectivity index (χ4v) is 2.67. The predicted molar refractivity (Wildman–Crippen MR) is 75.1 cm³/mol. The molecule has 0 atom stereocenters. The Morgan fingerprint density at radius 3 is 2.45 bits per heavy atom. The van der Waals surface area contributed by atoms with Gasteiger partial charge >= 0.3 is 17.1 Å². The lowest BCUT2D eigenvalue weighted by Crippen LogP contribution is -2.08. The average Bonchev–Trinajstić information content (AvgIpc) is 2.86. The molecule has 2 N–H and O–H groups in total. The highest BCUT2D eigenvalue weighted by Gasteiger charge is 2.19. The zero-order valence-corrected chi connectivity index (χ0v) is 10.8. The normalized spacial score (nSPS) is 10.8. The van der Waals surface area contributed by atoms with Gasteiger partial charge in [0.2, 0.25) is 0 Å². The molecule has 0 saturated carbocycles. The van der Waals surface area contributed by atoms with Crippen molar-refractivity contribution < 1.29 is 9.90 Å². The van der Waals surface area contributed by atoms with E-state index in [1.54, 1.807) is 35.0 Å². The highest BCUT2D eigenvalue weighted by molar-refractivity contribution is 7.08. The van der Waals surface area contributed by atoms with Gasteiger partial charge in [-0.25, -0.2) is 4.79 Å². The standard InChI is InChI=1S/C13H8N2O4S/c16-11-12(17)15(11)14-10-4-2-1-3-7(10)8-5-20-6-9(8)13(18)19/h1-6,14H,(H,18,19). The average molecular weight is 288 g/mol. The van der Waals surface area contributed by atoms with Crippen LogP contribution in [0.3, 0.4) is 0 Å². The van der Waals surface area contributed by atoms with E-state index in [2.05, 4.69) is 5.43 Å². The van der Waals surface area contributed by atoms with E-state index in [0.717, 1.165) is 4.68 Å². The van der Waals surface area contributed by atoms with Crippen LogP contribution in [0.2, 0.25) is 0 Å². The second-order valence-electron chi connectivity index (χ2n) is 4.11. The number of rotatable bonds is 4. The van der Waals surface area contributed by atoms with Gasteiger partial charge in [-0.1, -0.05) is 18.2 Å². The minimum atomic E-state index is -1.02. The molecule has 7 heteroatoms. The van der Waals surface area contributed by atoms with Gasteiger partial charge in [0.1, 0.15) is 0 Å². The van der Waals surface area contributed by atoms with E-state index in [0.29, 0.717) is 16.8 Å². The number of aromatic carboxylic acids is 1. The zero-order valence-electron chi connectivity index (χ0n) is 9.99. The third-order valence-corrected chi connectivity index (χ3v) is 3.62. The van der Waals surface area contributed by atoms with Crippen LogP contribution in [0.5, 0.6) is 0 Å². The molecule has 0 aliphatic carbocycles. The number of anilines is 1. The van der Waals surface area contributed by atoms with Gasteiger partial charge in [-0.2, -0.15) is 16.0 Å². The fraction of sp³-hybridized carbons (Fsp3) is 0. The minimum absolute atomic E-state index is 0.188. The van der Waals surface area contributed by atoms with Crippen molar-refractivity contribution in [1.29, 1.82) is 0 Å². The molecular weight excluding hydrogens is 280 g/mol. The number of hydrogen-bond acceptors (Lipinski definition) is 5. The Morgan fingerprint density at radius 1 is 1.10 bits per heavy atom. The first-order valence-corrected chi connectivity index (χ1v) is 6.58. The monoisotopic (exact) mass is 288 g/mol. The Bertz CT molecular complexity index is 845. The van der Waals surface area contributed by atoms with E-state index in [4.69, 9.17) is 5.11 Å². The number of benzene rings is 1. The smallest absolute Gasteiger partial charge is 0.340 e. The van der Waals surface area contributed by atoms with Gasteiger partial charge in [-0.05, 0) is 11.4 Å². The first-order valence-electron chi connectivity index (χ1n) is 5.63. The Kier molecular flexibility index (Phi) is 2.76. The van der Waals surface area contributed by atoms with E-state index in [1.807, 2.05) is 0 Å². The number of nitrogens with one attached hydrogen (secondary N) is 1. The lowest BCUT2D eigenvalue weighted by molar-refractivity contribution is 0.0698. The molecule has 3 rings (SSSR count). The van der Waals surface area contributed by atoms with E-state index in [1.165, 1.54) is 11.3 Å². The number of aromatic nitrogens is 1. The molecule has 0 unspecified atom stereocenters. The predicted octanol–water partition coefficient (Wildman–Crippen LogP) is 1.39. The van der Waals surface area contributed by atoms with Crippen molar-refractivity contribution in [2.45, 2.75) is 0 Å². The molecule has 1 aromatic carbocycles. The van der Waals surface area contributed by atoms with Crippen LogP contribution in [-0.2, 0) is 0 Å². The minimum Gasteiger partial charge on any atom is -0.478 e. The Hall–Kier alpha value is -2.67. The molecule has 0 spiro atoms. The van der Waals surface area contributed by atoms with Crippen LogP contribution < -0.4 is 16.5 Å². The maximum Gasteiger partial charge on any atom is 0.340 e. The summed E-state index contributed by atoms with van der Waals surface area (Å²) in [7, 11) is 0. The van der Waals surface area contributed by atoms with E-state index >= 15 is 0 Å². The number of carbonyl (C=O) groups is 1. The van der Waals surface area contributed by atoms with Crippen molar-refractivity contribution in [3.05, 3.63) is 61.3 Å². The molecule has 0 aliphatic rings. The largest absolute Gasteiger partial charge is 0.478 e. The van der Waals surface area contributed by atoms with Crippen LogP contribution >= 0.6 is 11.3 Å². The van der Waals surface area contributed by atoms with Crippen LogP contribution in [0.15, 0.2) is 44.6 Å². The fourth-order valence-electron chi connectivity index (χ4n) is 1.84. The van der Waals surface area contributed by atoms with Gasteiger partial charge in [0, 0.05) is 16.5 Å². The van der Waals surface area contributed by atoms with E-state index in [9.17, 15) is 14.4 Å². The summed E-state index contributed by atoms with van der Waals surface area (Å²) in [4.78, 5) is 33.2. The van der Waals surface area contributed by atoms with E-state index in [-0.39, 0.29) is 5.56 Å². The van der Waals surface area contributed by atoms with Crippen LogP contribution in [0.25, 0.3) is 11.1 Å². The molecular formula is C13H8N2O4S. The Labute approximate surface area is 116 Å². The molecule has 6 nitrogen and oxygen atoms in total. The summed E-state index contributed by atoms with van der Waals surface area (Å²) in [6.45, 7) is 0. The highest BCUT2D eigenvalue weighted by Crippen LogP contribution is 2.33. The summed E-state index contributed by atoms with van der Waals surface area (Å²) in [5.41, 5.74) is 3.34. The van der Waals surface area contributed by atoms with Crippen molar-refractivity contribution in [1.82, 2.24) is 4.68 Å². The molecule has 2 heterocycles. The van der Waals surface area contributed by atoms with Crippen LogP contribution in [0, 0.1) is 0 Å². The second-order valence-corrected chi connectivity index (χ2v) is 4.85. The molecule has 20 heavy (non-hydrogen) atoms. The number of nitrogens with zero attached hydrogens (tertiary/aromatic N) is 1. The summed E-state index contributed by atoms with van der Waals surface area (Å²) in [6, 6.07) is 6.90. The molecule has 100 valence electrons. The number of thiophene rings is 1. The summed E-state index contributed by atoms with van der Waals surface area (Å²) in [5, 5.41) is 12.4.